The molecular weight excluding hydrogens is 448 g/mol. The lowest BCUT2D eigenvalue weighted by atomic mass is 10.0. The fourth-order valence-corrected chi connectivity index (χ4v) is 5.63. The van der Waals surface area contributed by atoms with Crippen LogP contribution in [0.25, 0.3) is 11.3 Å². The number of aromatic nitrogens is 1. The topological polar surface area (TPSA) is 71.6 Å². The molecule has 34 heavy (non-hydrogen) atoms. The van der Waals surface area contributed by atoms with Crippen LogP contribution in [0.1, 0.15) is 49.9 Å². The second-order valence-corrected chi connectivity index (χ2v) is 11.0. The number of rotatable bonds is 8. The number of nitrogens with zero attached hydrogens (tertiary/aromatic N) is 1. The molecule has 0 spiro atoms. The first-order valence-electron chi connectivity index (χ1n) is 11.9. The molecular formula is C27H34N2O4S. The van der Waals surface area contributed by atoms with Crippen molar-refractivity contribution in [3.63, 3.8) is 0 Å². The maximum atomic E-state index is 12.4. The standard InChI is InChI=1S/C27H34N2O4S/c1-4-34(30,31)23-14-16-27(33-3)24(18-23)25-15-11-21(28-25)19-29-17-7-5-6-8-26(29)20-9-12-22(32-2)13-10-20/h9-16,18,26,28H,4-8,17,19H2,1-3H3/t26-/m1/s1. The Morgan fingerprint density at radius 3 is 2.47 bits per heavy atom. The van der Waals surface area contributed by atoms with E-state index in [1.165, 1.54) is 24.8 Å². The van der Waals surface area contributed by atoms with Crippen LogP contribution in [0.15, 0.2) is 59.5 Å². The van der Waals surface area contributed by atoms with Gasteiger partial charge in [0.15, 0.2) is 9.84 Å². The lowest BCUT2D eigenvalue weighted by Gasteiger charge is -2.30. The molecule has 1 fully saturated rings. The molecule has 2 heterocycles. The Bertz CT molecular complexity index is 1200. The zero-order chi connectivity index (χ0) is 24.1. The monoisotopic (exact) mass is 482 g/mol. The number of ether oxygens (including phenoxy) is 2. The molecule has 0 unspecified atom stereocenters. The molecule has 1 atom stereocenters. The number of benzene rings is 2. The number of likely N-dealkylation sites (tertiary alicyclic amines) is 1. The minimum absolute atomic E-state index is 0.0659. The molecule has 4 rings (SSSR count). The number of nitrogens with one attached hydrogen (secondary N) is 1. The molecule has 3 aromatic rings. The van der Waals surface area contributed by atoms with E-state index in [1.807, 2.05) is 18.2 Å². The van der Waals surface area contributed by atoms with Crippen LogP contribution in [0.4, 0.5) is 0 Å². The van der Waals surface area contributed by atoms with Crippen LogP contribution in [-0.4, -0.2) is 44.8 Å². The Kier molecular flexibility index (Phi) is 7.63. The van der Waals surface area contributed by atoms with Crippen LogP contribution in [-0.2, 0) is 16.4 Å². The van der Waals surface area contributed by atoms with Crippen LogP contribution in [0.5, 0.6) is 11.5 Å². The fraction of sp³-hybridized carbons (Fsp3) is 0.407. The average Bonchev–Trinajstić information content (AvgIpc) is 3.21. The van der Waals surface area contributed by atoms with Gasteiger partial charge in [0.05, 0.1) is 24.9 Å². The van der Waals surface area contributed by atoms with Crippen molar-refractivity contribution in [1.29, 1.82) is 0 Å². The first-order valence-corrected chi connectivity index (χ1v) is 13.6. The van der Waals surface area contributed by atoms with Gasteiger partial charge in [0.25, 0.3) is 0 Å². The maximum absolute atomic E-state index is 12.4. The van der Waals surface area contributed by atoms with Crippen molar-refractivity contribution in [2.75, 3.05) is 26.5 Å². The van der Waals surface area contributed by atoms with Gasteiger partial charge in [-0.05, 0) is 67.4 Å². The van der Waals surface area contributed by atoms with Crippen LogP contribution >= 0.6 is 0 Å². The molecule has 1 saturated heterocycles. The SMILES string of the molecule is CCS(=O)(=O)c1ccc(OC)c(-c2ccc(CN3CCCCC[C@@H]3c3ccc(OC)cc3)[nH]2)c1. The van der Waals surface area contributed by atoms with Crippen LogP contribution in [0.3, 0.4) is 0 Å². The van der Waals surface area contributed by atoms with Crippen molar-refractivity contribution in [2.45, 2.75) is 50.1 Å². The van der Waals surface area contributed by atoms with Gasteiger partial charge in [-0.2, -0.15) is 0 Å². The van der Waals surface area contributed by atoms with Gasteiger partial charge in [0.2, 0.25) is 0 Å². The molecule has 182 valence electrons. The van der Waals surface area contributed by atoms with E-state index < -0.39 is 9.84 Å². The summed E-state index contributed by atoms with van der Waals surface area (Å²) in [6.07, 6.45) is 4.78. The summed E-state index contributed by atoms with van der Waals surface area (Å²) in [5.74, 6) is 1.59. The Morgan fingerprint density at radius 2 is 1.76 bits per heavy atom. The van der Waals surface area contributed by atoms with Crippen molar-refractivity contribution >= 4 is 9.84 Å². The minimum Gasteiger partial charge on any atom is -0.497 e. The van der Waals surface area contributed by atoms with Crippen LogP contribution in [0, 0.1) is 0 Å². The predicted molar refractivity (Wildman–Crippen MR) is 135 cm³/mol. The first kappa shape index (κ1) is 24.4. The quantitative estimate of drug-likeness (QED) is 0.452. The number of sulfone groups is 1. The summed E-state index contributed by atoms with van der Waals surface area (Å²) in [7, 11) is -0.00610. The van der Waals surface area contributed by atoms with E-state index in [0.717, 1.165) is 42.2 Å². The summed E-state index contributed by atoms with van der Waals surface area (Å²) in [4.78, 5) is 6.38. The summed E-state index contributed by atoms with van der Waals surface area (Å²) in [6.45, 7) is 3.50. The van der Waals surface area contributed by atoms with E-state index in [4.69, 9.17) is 9.47 Å². The lowest BCUT2D eigenvalue weighted by Crippen LogP contribution is -2.28. The van der Waals surface area contributed by atoms with Crippen LogP contribution in [0.2, 0.25) is 0 Å². The van der Waals surface area contributed by atoms with Gasteiger partial charge in [-0.3, -0.25) is 4.90 Å². The fourth-order valence-electron chi connectivity index (χ4n) is 4.73. The summed E-state index contributed by atoms with van der Waals surface area (Å²) < 4.78 is 35.7. The maximum Gasteiger partial charge on any atom is 0.178 e. The molecule has 2 aromatic carbocycles. The van der Waals surface area contributed by atoms with E-state index in [1.54, 1.807) is 39.3 Å². The molecule has 1 aliphatic heterocycles. The molecule has 1 aliphatic rings. The molecule has 0 aliphatic carbocycles. The zero-order valence-corrected chi connectivity index (χ0v) is 21.0. The van der Waals surface area contributed by atoms with Gasteiger partial charge < -0.3 is 14.5 Å². The van der Waals surface area contributed by atoms with Gasteiger partial charge in [0, 0.05) is 29.5 Å². The first-order chi connectivity index (χ1) is 16.4. The molecule has 6 nitrogen and oxygen atoms in total. The van der Waals surface area contributed by atoms with Gasteiger partial charge in [-0.25, -0.2) is 8.42 Å². The van der Waals surface area contributed by atoms with E-state index >= 15 is 0 Å². The van der Waals surface area contributed by atoms with Gasteiger partial charge in [-0.15, -0.1) is 0 Å². The Morgan fingerprint density at radius 1 is 0.971 bits per heavy atom. The number of hydrogen-bond acceptors (Lipinski definition) is 5. The third kappa shape index (κ3) is 5.31. The van der Waals surface area contributed by atoms with Gasteiger partial charge >= 0.3 is 0 Å². The van der Waals surface area contributed by atoms with E-state index in [9.17, 15) is 8.42 Å². The highest BCUT2D eigenvalue weighted by Gasteiger charge is 2.24. The molecule has 0 bridgehead atoms. The summed E-state index contributed by atoms with van der Waals surface area (Å²) in [5.41, 5.74) is 4.02. The highest BCUT2D eigenvalue weighted by molar-refractivity contribution is 7.91. The van der Waals surface area contributed by atoms with Crippen molar-refractivity contribution in [2.24, 2.45) is 0 Å². The smallest absolute Gasteiger partial charge is 0.178 e. The summed E-state index contributed by atoms with van der Waals surface area (Å²) >= 11 is 0. The van der Waals surface area contributed by atoms with Gasteiger partial charge in [-0.1, -0.05) is 31.9 Å². The molecule has 7 heteroatoms. The highest BCUT2D eigenvalue weighted by Crippen LogP contribution is 2.35. The van der Waals surface area contributed by atoms with Crippen LogP contribution < -0.4 is 9.47 Å². The van der Waals surface area contributed by atoms with Gasteiger partial charge in [0.1, 0.15) is 11.5 Å². The van der Waals surface area contributed by atoms with Crippen molar-refractivity contribution < 1.29 is 17.9 Å². The third-order valence-electron chi connectivity index (χ3n) is 6.68. The molecule has 1 N–H and O–H groups in total. The van der Waals surface area contributed by atoms with Crippen molar-refractivity contribution in [3.8, 4) is 22.8 Å². The number of H-pyrrole nitrogens is 1. The van der Waals surface area contributed by atoms with E-state index in [-0.39, 0.29) is 5.75 Å². The Hall–Kier alpha value is -2.77. The van der Waals surface area contributed by atoms with Crippen molar-refractivity contribution in [3.05, 3.63) is 65.9 Å². The number of methoxy groups -OCH3 is 2. The molecule has 0 saturated carbocycles. The lowest BCUT2D eigenvalue weighted by molar-refractivity contribution is 0.190. The number of hydrogen-bond donors (Lipinski definition) is 1. The molecule has 1 aromatic heterocycles. The third-order valence-corrected chi connectivity index (χ3v) is 8.42. The predicted octanol–water partition coefficient (Wildman–Crippen LogP) is 5.61. The Balaban J connectivity index is 1.60. The second-order valence-electron chi connectivity index (χ2n) is 8.77. The normalized spacial score (nSPS) is 17.3. The van der Waals surface area contributed by atoms with E-state index in [2.05, 4.69) is 28.1 Å². The number of aromatic amines is 1. The van der Waals surface area contributed by atoms with E-state index in [0.29, 0.717) is 16.7 Å². The zero-order valence-electron chi connectivity index (χ0n) is 20.2. The minimum atomic E-state index is -3.30. The summed E-state index contributed by atoms with van der Waals surface area (Å²) in [5, 5.41) is 0. The largest absolute Gasteiger partial charge is 0.497 e. The average molecular weight is 483 g/mol. The second kappa shape index (κ2) is 10.7. The molecule has 0 radical (unpaired) electrons. The van der Waals surface area contributed by atoms with Crippen molar-refractivity contribution in [1.82, 2.24) is 9.88 Å². The Labute approximate surface area is 202 Å². The summed E-state index contributed by atoms with van der Waals surface area (Å²) in [6, 6.07) is 17.9. The highest BCUT2D eigenvalue weighted by atomic mass is 32.2. The molecule has 0 amide bonds.